The Kier molecular flexibility index (Phi) is 5.10. The molecule has 5 nitrogen and oxygen atoms in total. The first-order chi connectivity index (χ1) is 10.7. The molecule has 2 N–H and O–H groups in total. The van der Waals surface area contributed by atoms with E-state index in [4.69, 9.17) is 4.74 Å². The van der Waals surface area contributed by atoms with Crippen LogP contribution in [0.1, 0.15) is 41.3 Å². The summed E-state index contributed by atoms with van der Waals surface area (Å²) < 4.78 is 5.25. The lowest BCUT2D eigenvalue weighted by Crippen LogP contribution is -2.41. The molecule has 2 aliphatic carbocycles. The van der Waals surface area contributed by atoms with E-state index in [2.05, 4.69) is 10.3 Å². The summed E-state index contributed by atoms with van der Waals surface area (Å²) in [7, 11) is 1.59. The summed E-state index contributed by atoms with van der Waals surface area (Å²) in [6.45, 7) is 0.641. The fourth-order valence-corrected chi connectivity index (χ4v) is 4.55. The van der Waals surface area contributed by atoms with Gasteiger partial charge in [0, 0.05) is 30.9 Å². The largest absolute Gasteiger partial charge is 0.390 e. The smallest absolute Gasteiger partial charge is 0.223 e. The summed E-state index contributed by atoms with van der Waals surface area (Å²) >= 11 is 1.80. The van der Waals surface area contributed by atoms with Crippen molar-refractivity contribution in [2.75, 3.05) is 13.7 Å². The maximum absolute atomic E-state index is 12.2. The SMILES string of the molecule is CO[C@@H]1C[C@H](C(=O)NCCc2nc3c(s2)CCC3)CC[C@@H]1O. The zero-order valence-electron chi connectivity index (χ0n) is 13.0. The number of aryl methyl sites for hydroxylation is 2. The normalized spacial score (nSPS) is 27.6. The van der Waals surface area contributed by atoms with Gasteiger partial charge in [-0.15, -0.1) is 11.3 Å². The molecular formula is C16H24N2O3S. The first kappa shape index (κ1) is 15.9. The van der Waals surface area contributed by atoms with Crippen molar-refractivity contribution in [1.82, 2.24) is 10.3 Å². The number of ether oxygens (including phenoxy) is 1. The van der Waals surface area contributed by atoms with E-state index in [0.717, 1.165) is 24.3 Å². The van der Waals surface area contributed by atoms with Crippen LogP contribution in [0.25, 0.3) is 0 Å². The van der Waals surface area contributed by atoms with Gasteiger partial charge in [0.25, 0.3) is 0 Å². The van der Waals surface area contributed by atoms with Crippen LogP contribution >= 0.6 is 11.3 Å². The van der Waals surface area contributed by atoms with Crippen LogP contribution < -0.4 is 5.32 Å². The van der Waals surface area contributed by atoms with Crippen molar-refractivity contribution in [3.63, 3.8) is 0 Å². The molecule has 0 aliphatic heterocycles. The fraction of sp³-hybridized carbons (Fsp3) is 0.750. The predicted octanol–water partition coefficient (Wildman–Crippen LogP) is 1.47. The quantitative estimate of drug-likeness (QED) is 0.860. The number of methoxy groups -OCH3 is 1. The van der Waals surface area contributed by atoms with Gasteiger partial charge in [-0.2, -0.15) is 0 Å². The minimum absolute atomic E-state index is 0.0466. The van der Waals surface area contributed by atoms with Gasteiger partial charge in [-0.3, -0.25) is 4.79 Å². The number of thiazole rings is 1. The maximum Gasteiger partial charge on any atom is 0.223 e. The summed E-state index contributed by atoms with van der Waals surface area (Å²) in [4.78, 5) is 18.3. The number of fused-ring (bicyclic) bond motifs is 1. The molecule has 0 unspecified atom stereocenters. The maximum atomic E-state index is 12.2. The molecule has 0 radical (unpaired) electrons. The van der Waals surface area contributed by atoms with Crippen molar-refractivity contribution in [2.24, 2.45) is 5.92 Å². The lowest BCUT2D eigenvalue weighted by Gasteiger charge is -2.31. The van der Waals surface area contributed by atoms with Crippen molar-refractivity contribution in [3.05, 3.63) is 15.6 Å². The summed E-state index contributed by atoms with van der Waals surface area (Å²) in [5, 5.41) is 13.9. The second-order valence-corrected chi connectivity index (χ2v) is 7.39. The molecule has 3 rings (SSSR count). The van der Waals surface area contributed by atoms with Gasteiger partial charge >= 0.3 is 0 Å². The average Bonchev–Trinajstić information content (AvgIpc) is 3.08. The van der Waals surface area contributed by atoms with E-state index in [1.54, 1.807) is 18.4 Å². The van der Waals surface area contributed by atoms with Gasteiger partial charge in [-0.25, -0.2) is 4.98 Å². The molecule has 2 aliphatic rings. The standard InChI is InChI=1S/C16H24N2O3S/c1-21-13-9-10(5-6-12(13)19)16(20)17-8-7-15-18-11-3-2-4-14(11)22-15/h10,12-13,19H,2-9H2,1H3,(H,17,20)/t10-,12+,13-/m1/s1. The summed E-state index contributed by atoms with van der Waals surface area (Å²) in [5.41, 5.74) is 1.27. The van der Waals surface area contributed by atoms with Gasteiger partial charge in [0.15, 0.2) is 0 Å². The third-order valence-corrected chi connectivity index (χ3v) is 5.93. The fourth-order valence-electron chi connectivity index (χ4n) is 3.39. The van der Waals surface area contributed by atoms with E-state index in [0.29, 0.717) is 19.4 Å². The zero-order valence-corrected chi connectivity index (χ0v) is 13.8. The number of aliphatic hydroxyl groups is 1. The summed E-state index contributed by atoms with van der Waals surface area (Å²) in [6.07, 6.45) is 5.65. The summed E-state index contributed by atoms with van der Waals surface area (Å²) in [5.74, 6) is 0.0349. The number of hydrogen-bond acceptors (Lipinski definition) is 5. The molecule has 1 saturated carbocycles. The molecule has 1 amide bonds. The van der Waals surface area contributed by atoms with E-state index < -0.39 is 6.10 Å². The number of carbonyl (C=O) groups is 1. The number of nitrogens with one attached hydrogen (secondary N) is 1. The van der Waals surface area contributed by atoms with Crippen LogP contribution in [0.3, 0.4) is 0 Å². The number of rotatable bonds is 5. The topological polar surface area (TPSA) is 71.5 Å². The molecule has 1 fully saturated rings. The number of aromatic nitrogens is 1. The highest BCUT2D eigenvalue weighted by Crippen LogP contribution is 2.28. The molecule has 3 atom stereocenters. The molecule has 0 saturated heterocycles. The van der Waals surface area contributed by atoms with Gasteiger partial charge in [0.05, 0.1) is 22.9 Å². The minimum Gasteiger partial charge on any atom is -0.390 e. The van der Waals surface area contributed by atoms with E-state index in [1.165, 1.54) is 23.4 Å². The molecule has 6 heteroatoms. The van der Waals surface area contributed by atoms with Crippen molar-refractivity contribution in [3.8, 4) is 0 Å². The molecule has 122 valence electrons. The molecule has 1 aromatic heterocycles. The van der Waals surface area contributed by atoms with E-state index in [-0.39, 0.29) is 17.9 Å². The monoisotopic (exact) mass is 324 g/mol. The Bertz CT molecular complexity index is 510. The van der Waals surface area contributed by atoms with Crippen LogP contribution in [0.5, 0.6) is 0 Å². The van der Waals surface area contributed by atoms with Gasteiger partial charge < -0.3 is 15.2 Å². The van der Waals surface area contributed by atoms with Gasteiger partial charge in [-0.1, -0.05) is 0 Å². The van der Waals surface area contributed by atoms with Crippen molar-refractivity contribution < 1.29 is 14.6 Å². The van der Waals surface area contributed by atoms with Crippen LogP contribution in [0.15, 0.2) is 0 Å². The van der Waals surface area contributed by atoms with E-state index >= 15 is 0 Å². The van der Waals surface area contributed by atoms with Gasteiger partial charge in [-0.05, 0) is 38.5 Å². The van der Waals surface area contributed by atoms with Crippen LogP contribution in [0.4, 0.5) is 0 Å². The molecule has 1 aromatic rings. The molecule has 0 bridgehead atoms. The number of carbonyl (C=O) groups excluding carboxylic acids is 1. The third kappa shape index (κ3) is 3.50. The van der Waals surface area contributed by atoms with Crippen LogP contribution in [-0.2, 0) is 28.8 Å². The molecule has 1 heterocycles. The second kappa shape index (κ2) is 7.06. The lowest BCUT2D eigenvalue weighted by atomic mass is 9.84. The van der Waals surface area contributed by atoms with E-state index in [1.807, 2.05) is 0 Å². The number of amides is 1. The minimum atomic E-state index is -0.438. The van der Waals surface area contributed by atoms with Gasteiger partial charge in [0.1, 0.15) is 0 Å². The Morgan fingerprint density at radius 1 is 1.45 bits per heavy atom. The summed E-state index contributed by atoms with van der Waals surface area (Å²) in [6, 6.07) is 0. The average molecular weight is 324 g/mol. The molecule has 22 heavy (non-hydrogen) atoms. The Hall–Kier alpha value is -0.980. The van der Waals surface area contributed by atoms with Crippen LogP contribution in [-0.4, -0.2) is 41.9 Å². The van der Waals surface area contributed by atoms with Crippen LogP contribution in [0.2, 0.25) is 0 Å². The molecule has 0 aromatic carbocycles. The van der Waals surface area contributed by atoms with Crippen molar-refractivity contribution in [1.29, 1.82) is 0 Å². The highest BCUT2D eigenvalue weighted by Gasteiger charge is 2.32. The molecular weight excluding hydrogens is 300 g/mol. The highest BCUT2D eigenvalue weighted by molar-refractivity contribution is 7.11. The third-order valence-electron chi connectivity index (χ3n) is 4.71. The van der Waals surface area contributed by atoms with E-state index in [9.17, 15) is 9.90 Å². The first-order valence-electron chi connectivity index (χ1n) is 8.13. The Morgan fingerprint density at radius 2 is 2.32 bits per heavy atom. The van der Waals surface area contributed by atoms with Crippen molar-refractivity contribution >= 4 is 17.2 Å². The highest BCUT2D eigenvalue weighted by atomic mass is 32.1. The lowest BCUT2D eigenvalue weighted by molar-refractivity contribution is -0.130. The number of aliphatic hydroxyl groups excluding tert-OH is 1. The van der Waals surface area contributed by atoms with Gasteiger partial charge in [0.2, 0.25) is 5.91 Å². The predicted molar refractivity (Wildman–Crippen MR) is 85.0 cm³/mol. The van der Waals surface area contributed by atoms with Crippen molar-refractivity contribution in [2.45, 2.75) is 57.2 Å². The number of hydrogen-bond donors (Lipinski definition) is 2. The Balaban J connectivity index is 1.44. The Labute approximate surface area is 135 Å². The van der Waals surface area contributed by atoms with Crippen LogP contribution in [0, 0.1) is 5.92 Å². The second-order valence-electron chi connectivity index (χ2n) is 6.22. The Morgan fingerprint density at radius 3 is 3.09 bits per heavy atom. The first-order valence-corrected chi connectivity index (χ1v) is 8.95. The number of nitrogens with zero attached hydrogens (tertiary/aromatic N) is 1. The molecule has 0 spiro atoms. The zero-order chi connectivity index (χ0) is 15.5.